The molecule has 0 atom stereocenters. The summed E-state index contributed by atoms with van der Waals surface area (Å²) in [4.78, 5) is 14.2. The van der Waals surface area contributed by atoms with Crippen LogP contribution in [0.25, 0.3) is 0 Å². The molecule has 1 N–H and O–H groups in total. The molecule has 0 saturated heterocycles. The van der Waals surface area contributed by atoms with Gasteiger partial charge in [0.2, 0.25) is 5.91 Å². The lowest BCUT2D eigenvalue weighted by molar-refractivity contribution is -0.117. The van der Waals surface area contributed by atoms with Crippen LogP contribution in [0.3, 0.4) is 0 Å². The van der Waals surface area contributed by atoms with E-state index < -0.39 is 0 Å². The minimum atomic E-state index is -0.0392. The number of halogens is 1. The quantitative estimate of drug-likeness (QED) is 0.884. The number of aryl methyl sites for hydroxylation is 3. The summed E-state index contributed by atoms with van der Waals surface area (Å²) in [5.74, 6) is -0.0392. The number of hydrogen-bond donors (Lipinski definition) is 1. The number of likely N-dealkylation sites (N-methyl/N-ethyl adjacent to an activating group) is 1. The lowest BCUT2D eigenvalue weighted by Crippen LogP contribution is -2.30. The first-order chi connectivity index (χ1) is 10.8. The van der Waals surface area contributed by atoms with E-state index in [0.717, 1.165) is 17.8 Å². The van der Waals surface area contributed by atoms with Crippen molar-refractivity contribution in [2.45, 2.75) is 27.3 Å². The van der Waals surface area contributed by atoms with Crippen molar-refractivity contribution in [3.63, 3.8) is 0 Å². The Bertz CT molecular complexity index is 713. The van der Waals surface area contributed by atoms with E-state index in [9.17, 15) is 4.79 Å². The predicted molar refractivity (Wildman–Crippen MR) is 97.1 cm³/mol. The molecular formula is C19H23ClN2O. The zero-order valence-corrected chi connectivity index (χ0v) is 14.9. The smallest absolute Gasteiger partial charge is 0.238 e. The molecule has 2 aromatic rings. The van der Waals surface area contributed by atoms with Gasteiger partial charge >= 0.3 is 0 Å². The van der Waals surface area contributed by atoms with Crippen molar-refractivity contribution < 1.29 is 4.79 Å². The van der Waals surface area contributed by atoms with Crippen molar-refractivity contribution in [2.24, 2.45) is 0 Å². The standard InChI is InChI=1S/C19H23ClN2O/c1-13-5-7-16(15(3)9-13)11-22(4)12-19(23)21-18-10-17(20)8-6-14(18)2/h5-10H,11-12H2,1-4H3,(H,21,23). The van der Waals surface area contributed by atoms with Crippen LogP contribution in [0.1, 0.15) is 22.3 Å². The van der Waals surface area contributed by atoms with Gasteiger partial charge in [0, 0.05) is 17.3 Å². The molecule has 0 aromatic heterocycles. The molecule has 2 rings (SSSR count). The van der Waals surface area contributed by atoms with E-state index in [1.54, 1.807) is 6.07 Å². The summed E-state index contributed by atoms with van der Waals surface area (Å²) in [6.07, 6.45) is 0. The zero-order valence-electron chi connectivity index (χ0n) is 14.1. The van der Waals surface area contributed by atoms with E-state index in [0.29, 0.717) is 11.6 Å². The van der Waals surface area contributed by atoms with Gasteiger partial charge in [-0.1, -0.05) is 41.4 Å². The average Bonchev–Trinajstić information content (AvgIpc) is 2.46. The van der Waals surface area contributed by atoms with Gasteiger partial charge in [0.1, 0.15) is 0 Å². The number of benzene rings is 2. The van der Waals surface area contributed by atoms with E-state index in [2.05, 4.69) is 37.4 Å². The third kappa shape index (κ3) is 5.08. The van der Waals surface area contributed by atoms with Crippen LogP contribution in [-0.2, 0) is 11.3 Å². The van der Waals surface area contributed by atoms with Crippen LogP contribution in [0.5, 0.6) is 0 Å². The second-order valence-corrected chi connectivity index (χ2v) is 6.55. The number of carbonyl (C=O) groups excluding carboxylic acids is 1. The predicted octanol–water partition coefficient (Wildman–Crippen LogP) is 4.34. The lowest BCUT2D eigenvalue weighted by Gasteiger charge is -2.18. The first-order valence-corrected chi connectivity index (χ1v) is 8.03. The van der Waals surface area contributed by atoms with Crippen molar-refractivity contribution in [2.75, 3.05) is 18.9 Å². The van der Waals surface area contributed by atoms with Gasteiger partial charge < -0.3 is 5.32 Å². The SMILES string of the molecule is Cc1ccc(CN(C)CC(=O)Nc2cc(Cl)ccc2C)c(C)c1. The molecule has 23 heavy (non-hydrogen) atoms. The fraction of sp³-hybridized carbons (Fsp3) is 0.316. The Hall–Kier alpha value is -1.84. The van der Waals surface area contributed by atoms with Gasteiger partial charge in [-0.2, -0.15) is 0 Å². The molecule has 0 bridgehead atoms. The molecule has 4 heteroatoms. The van der Waals surface area contributed by atoms with Crippen LogP contribution in [-0.4, -0.2) is 24.4 Å². The summed E-state index contributed by atoms with van der Waals surface area (Å²) in [6.45, 7) is 7.21. The molecule has 1 amide bonds. The maximum Gasteiger partial charge on any atom is 0.238 e. The number of hydrogen-bond acceptors (Lipinski definition) is 2. The van der Waals surface area contributed by atoms with E-state index in [1.807, 2.05) is 31.0 Å². The second-order valence-electron chi connectivity index (χ2n) is 6.11. The number of rotatable bonds is 5. The molecule has 0 aliphatic rings. The normalized spacial score (nSPS) is 10.9. The molecule has 2 aromatic carbocycles. The largest absolute Gasteiger partial charge is 0.325 e. The Kier molecular flexibility index (Phi) is 5.80. The Labute approximate surface area is 143 Å². The first kappa shape index (κ1) is 17.5. The van der Waals surface area contributed by atoms with Gasteiger partial charge in [0.05, 0.1) is 6.54 Å². The van der Waals surface area contributed by atoms with E-state index in [4.69, 9.17) is 11.6 Å². The van der Waals surface area contributed by atoms with Crippen molar-refractivity contribution in [3.8, 4) is 0 Å². The molecule has 0 fully saturated rings. The minimum absolute atomic E-state index is 0.0392. The summed E-state index contributed by atoms with van der Waals surface area (Å²) in [7, 11) is 1.95. The molecule has 0 aliphatic heterocycles. The highest BCUT2D eigenvalue weighted by Crippen LogP contribution is 2.20. The molecule has 0 spiro atoms. The van der Waals surface area contributed by atoms with Crippen molar-refractivity contribution in [1.29, 1.82) is 0 Å². The first-order valence-electron chi connectivity index (χ1n) is 7.66. The zero-order chi connectivity index (χ0) is 17.0. The summed E-state index contributed by atoms with van der Waals surface area (Å²) in [5.41, 5.74) is 5.51. The highest BCUT2D eigenvalue weighted by atomic mass is 35.5. The van der Waals surface area contributed by atoms with Crippen LogP contribution < -0.4 is 5.32 Å². The maximum atomic E-state index is 12.2. The van der Waals surface area contributed by atoms with Gasteiger partial charge in [-0.25, -0.2) is 0 Å². The van der Waals surface area contributed by atoms with Crippen molar-refractivity contribution in [3.05, 3.63) is 63.7 Å². The van der Waals surface area contributed by atoms with Crippen molar-refractivity contribution >= 4 is 23.2 Å². The topological polar surface area (TPSA) is 32.3 Å². The highest BCUT2D eigenvalue weighted by molar-refractivity contribution is 6.31. The number of nitrogens with one attached hydrogen (secondary N) is 1. The molecule has 0 saturated carbocycles. The van der Waals surface area contributed by atoms with Crippen molar-refractivity contribution in [1.82, 2.24) is 4.90 Å². The maximum absolute atomic E-state index is 12.2. The summed E-state index contributed by atoms with van der Waals surface area (Å²) >= 11 is 5.98. The summed E-state index contributed by atoms with van der Waals surface area (Å²) in [6, 6.07) is 11.9. The van der Waals surface area contributed by atoms with Gasteiger partial charge in [-0.15, -0.1) is 0 Å². The fourth-order valence-electron chi connectivity index (χ4n) is 2.53. The Morgan fingerprint density at radius 2 is 1.83 bits per heavy atom. The number of nitrogens with zero attached hydrogens (tertiary/aromatic N) is 1. The molecule has 3 nitrogen and oxygen atoms in total. The number of carbonyl (C=O) groups is 1. The molecule has 0 aliphatic carbocycles. The molecule has 0 radical (unpaired) electrons. The van der Waals surface area contributed by atoms with Gasteiger partial charge in [0.25, 0.3) is 0 Å². The van der Waals surface area contributed by atoms with Crippen LogP contribution in [0, 0.1) is 20.8 Å². The fourth-order valence-corrected chi connectivity index (χ4v) is 2.71. The van der Waals surface area contributed by atoms with E-state index in [1.165, 1.54) is 16.7 Å². The highest BCUT2D eigenvalue weighted by Gasteiger charge is 2.10. The Morgan fingerprint density at radius 1 is 1.09 bits per heavy atom. The summed E-state index contributed by atoms with van der Waals surface area (Å²) in [5, 5.41) is 3.55. The Morgan fingerprint density at radius 3 is 2.52 bits per heavy atom. The molecule has 122 valence electrons. The average molecular weight is 331 g/mol. The van der Waals surface area contributed by atoms with E-state index in [-0.39, 0.29) is 5.91 Å². The van der Waals surface area contributed by atoms with Gasteiger partial charge in [0.15, 0.2) is 0 Å². The minimum Gasteiger partial charge on any atom is -0.325 e. The molecule has 0 unspecified atom stereocenters. The van der Waals surface area contributed by atoms with Crippen LogP contribution >= 0.6 is 11.6 Å². The number of amides is 1. The summed E-state index contributed by atoms with van der Waals surface area (Å²) < 4.78 is 0. The van der Waals surface area contributed by atoms with Gasteiger partial charge in [-0.3, -0.25) is 9.69 Å². The van der Waals surface area contributed by atoms with Crippen LogP contribution in [0.2, 0.25) is 5.02 Å². The third-order valence-electron chi connectivity index (χ3n) is 3.83. The lowest BCUT2D eigenvalue weighted by atomic mass is 10.1. The molecule has 0 heterocycles. The third-order valence-corrected chi connectivity index (χ3v) is 4.06. The number of anilines is 1. The molecular weight excluding hydrogens is 308 g/mol. The Balaban J connectivity index is 1.95. The van der Waals surface area contributed by atoms with Gasteiger partial charge in [-0.05, 0) is 56.6 Å². The second kappa shape index (κ2) is 7.62. The van der Waals surface area contributed by atoms with Crippen LogP contribution in [0.4, 0.5) is 5.69 Å². The van der Waals surface area contributed by atoms with E-state index >= 15 is 0 Å². The van der Waals surface area contributed by atoms with Crippen LogP contribution in [0.15, 0.2) is 36.4 Å². The monoisotopic (exact) mass is 330 g/mol.